The maximum Gasteiger partial charge on any atom is 0.181 e. The summed E-state index contributed by atoms with van der Waals surface area (Å²) in [5.74, 6) is 0.886. The first-order valence-corrected chi connectivity index (χ1v) is 5.54. The second-order valence-corrected chi connectivity index (χ2v) is 4.61. The normalized spacial score (nSPS) is 24.2. The van der Waals surface area contributed by atoms with Crippen LogP contribution in [-0.4, -0.2) is 17.9 Å². The van der Waals surface area contributed by atoms with E-state index in [1.807, 2.05) is 30.3 Å². The van der Waals surface area contributed by atoms with E-state index in [-0.39, 0.29) is 11.8 Å². The van der Waals surface area contributed by atoms with E-state index in [4.69, 9.17) is 0 Å². The molecule has 15 heavy (non-hydrogen) atoms. The number of hydrogen-bond acceptors (Lipinski definition) is 2. The molecule has 0 amide bonds. The van der Waals surface area contributed by atoms with E-state index >= 15 is 0 Å². The van der Waals surface area contributed by atoms with Gasteiger partial charge in [-0.2, -0.15) is 0 Å². The number of Topliss-reactive ketones (excluding diaryl/α,β-unsaturated/α-hetero) is 1. The first kappa shape index (κ1) is 10.4. The molecule has 1 aliphatic rings. The van der Waals surface area contributed by atoms with Crippen LogP contribution in [0.15, 0.2) is 30.3 Å². The Balaban J connectivity index is 1.95. The molecule has 1 aromatic rings. The molecule has 2 heteroatoms. The molecule has 0 aromatic heterocycles. The zero-order chi connectivity index (χ0) is 10.8. The molecule has 0 aliphatic carbocycles. The fourth-order valence-corrected chi connectivity index (χ4v) is 1.93. The van der Waals surface area contributed by atoms with Crippen LogP contribution in [-0.2, 0) is 0 Å². The van der Waals surface area contributed by atoms with Crippen LogP contribution in [0.2, 0.25) is 0 Å². The SMILES string of the molecule is CC(C)C[C@H]1N[C@@H]1C(=O)c1ccccc1. The summed E-state index contributed by atoms with van der Waals surface area (Å²) in [6, 6.07) is 9.99. The van der Waals surface area contributed by atoms with Gasteiger partial charge in [-0.05, 0) is 12.3 Å². The van der Waals surface area contributed by atoms with Gasteiger partial charge in [-0.15, -0.1) is 0 Å². The zero-order valence-electron chi connectivity index (χ0n) is 9.23. The fourth-order valence-electron chi connectivity index (χ4n) is 1.93. The third-order valence-corrected chi connectivity index (χ3v) is 2.75. The van der Waals surface area contributed by atoms with E-state index < -0.39 is 0 Å². The van der Waals surface area contributed by atoms with Crippen LogP contribution in [0, 0.1) is 5.92 Å². The lowest BCUT2D eigenvalue weighted by Crippen LogP contribution is -2.12. The molecule has 1 fully saturated rings. The van der Waals surface area contributed by atoms with Crippen molar-refractivity contribution in [3.05, 3.63) is 35.9 Å². The lowest BCUT2D eigenvalue weighted by atomic mass is 10.0. The van der Waals surface area contributed by atoms with Gasteiger partial charge < -0.3 is 5.32 Å². The van der Waals surface area contributed by atoms with Crippen molar-refractivity contribution in [3.63, 3.8) is 0 Å². The van der Waals surface area contributed by atoms with Gasteiger partial charge in [0.05, 0.1) is 6.04 Å². The summed E-state index contributed by atoms with van der Waals surface area (Å²) in [6.45, 7) is 4.37. The fraction of sp³-hybridized carbons (Fsp3) is 0.462. The number of benzene rings is 1. The zero-order valence-corrected chi connectivity index (χ0v) is 9.23. The Morgan fingerprint density at radius 3 is 2.60 bits per heavy atom. The number of carbonyl (C=O) groups excluding carboxylic acids is 1. The maximum absolute atomic E-state index is 11.9. The number of hydrogen-bond donors (Lipinski definition) is 1. The third kappa shape index (κ3) is 2.45. The molecular formula is C13H17NO. The van der Waals surface area contributed by atoms with E-state index in [1.165, 1.54) is 0 Å². The molecule has 0 unspecified atom stereocenters. The number of ketones is 1. The van der Waals surface area contributed by atoms with E-state index in [9.17, 15) is 4.79 Å². The Bertz CT molecular complexity index is 345. The van der Waals surface area contributed by atoms with Crippen LogP contribution >= 0.6 is 0 Å². The highest BCUT2D eigenvalue weighted by atomic mass is 16.1. The number of carbonyl (C=O) groups is 1. The molecule has 2 rings (SSSR count). The molecule has 1 aliphatic heterocycles. The summed E-state index contributed by atoms with van der Waals surface area (Å²) >= 11 is 0. The lowest BCUT2D eigenvalue weighted by molar-refractivity contribution is 0.0987. The number of rotatable bonds is 4. The second kappa shape index (κ2) is 4.15. The molecule has 1 saturated heterocycles. The molecule has 0 bridgehead atoms. The van der Waals surface area contributed by atoms with Gasteiger partial charge in [-0.25, -0.2) is 0 Å². The Morgan fingerprint density at radius 2 is 2.00 bits per heavy atom. The Labute approximate surface area is 90.7 Å². The summed E-state index contributed by atoms with van der Waals surface area (Å²) < 4.78 is 0. The van der Waals surface area contributed by atoms with Gasteiger partial charge in [0.1, 0.15) is 0 Å². The molecule has 80 valence electrons. The number of nitrogens with one attached hydrogen (secondary N) is 1. The van der Waals surface area contributed by atoms with Crippen molar-refractivity contribution in [3.8, 4) is 0 Å². The summed E-state index contributed by atoms with van der Waals surface area (Å²) in [5.41, 5.74) is 0.821. The van der Waals surface area contributed by atoms with Crippen molar-refractivity contribution in [1.82, 2.24) is 5.32 Å². The van der Waals surface area contributed by atoms with Crippen LogP contribution in [0.25, 0.3) is 0 Å². The standard InChI is InChI=1S/C13H17NO/c1-9(2)8-11-12(14-11)13(15)10-6-4-3-5-7-10/h3-7,9,11-12,14H,8H2,1-2H3/t11-,12+/m1/s1. The van der Waals surface area contributed by atoms with Gasteiger partial charge in [-0.3, -0.25) is 4.79 Å². The first-order chi connectivity index (χ1) is 7.18. The van der Waals surface area contributed by atoms with E-state index in [2.05, 4.69) is 19.2 Å². The van der Waals surface area contributed by atoms with E-state index in [0.29, 0.717) is 12.0 Å². The van der Waals surface area contributed by atoms with Crippen LogP contribution in [0.1, 0.15) is 30.6 Å². The average molecular weight is 203 g/mol. The molecule has 1 aromatic carbocycles. The average Bonchev–Trinajstić information content (AvgIpc) is 2.96. The molecule has 2 atom stereocenters. The molecule has 1 heterocycles. The van der Waals surface area contributed by atoms with Crippen molar-refractivity contribution in [1.29, 1.82) is 0 Å². The molecular weight excluding hydrogens is 186 g/mol. The smallest absolute Gasteiger partial charge is 0.181 e. The third-order valence-electron chi connectivity index (χ3n) is 2.75. The summed E-state index contributed by atoms with van der Waals surface area (Å²) in [4.78, 5) is 11.9. The summed E-state index contributed by atoms with van der Waals surface area (Å²) in [6.07, 6.45) is 1.09. The highest BCUT2D eigenvalue weighted by molar-refractivity contribution is 6.02. The quantitative estimate of drug-likeness (QED) is 0.602. The second-order valence-electron chi connectivity index (χ2n) is 4.61. The van der Waals surface area contributed by atoms with Crippen LogP contribution in [0.3, 0.4) is 0 Å². The molecule has 1 N–H and O–H groups in total. The Morgan fingerprint density at radius 1 is 1.33 bits per heavy atom. The molecule has 0 spiro atoms. The minimum absolute atomic E-state index is 0.0646. The van der Waals surface area contributed by atoms with Crippen molar-refractivity contribution in [2.45, 2.75) is 32.4 Å². The summed E-state index contributed by atoms with van der Waals surface area (Å²) in [7, 11) is 0. The highest BCUT2D eigenvalue weighted by Crippen LogP contribution is 2.22. The summed E-state index contributed by atoms with van der Waals surface area (Å²) in [5, 5.41) is 3.25. The highest BCUT2D eigenvalue weighted by Gasteiger charge is 2.42. The minimum atomic E-state index is 0.0646. The van der Waals surface area contributed by atoms with Gasteiger partial charge in [0, 0.05) is 11.6 Å². The maximum atomic E-state index is 11.9. The largest absolute Gasteiger partial charge is 0.301 e. The van der Waals surface area contributed by atoms with Gasteiger partial charge in [0.2, 0.25) is 0 Å². The lowest BCUT2D eigenvalue weighted by Gasteiger charge is -2.01. The van der Waals surface area contributed by atoms with Gasteiger partial charge in [-0.1, -0.05) is 44.2 Å². The van der Waals surface area contributed by atoms with Crippen LogP contribution in [0.5, 0.6) is 0 Å². The topological polar surface area (TPSA) is 39.0 Å². The van der Waals surface area contributed by atoms with Crippen molar-refractivity contribution < 1.29 is 4.79 Å². The predicted molar refractivity (Wildman–Crippen MR) is 60.9 cm³/mol. The van der Waals surface area contributed by atoms with Crippen molar-refractivity contribution >= 4 is 5.78 Å². The Hall–Kier alpha value is -1.15. The first-order valence-electron chi connectivity index (χ1n) is 5.54. The van der Waals surface area contributed by atoms with Gasteiger partial charge in [0.25, 0.3) is 0 Å². The van der Waals surface area contributed by atoms with Gasteiger partial charge in [0.15, 0.2) is 5.78 Å². The Kier molecular flexibility index (Phi) is 2.87. The van der Waals surface area contributed by atoms with Crippen LogP contribution in [0.4, 0.5) is 0 Å². The van der Waals surface area contributed by atoms with Crippen LogP contribution < -0.4 is 5.32 Å². The van der Waals surface area contributed by atoms with Crippen molar-refractivity contribution in [2.24, 2.45) is 5.92 Å². The monoisotopic (exact) mass is 203 g/mol. The minimum Gasteiger partial charge on any atom is -0.301 e. The molecule has 0 saturated carbocycles. The predicted octanol–water partition coefficient (Wildman–Crippen LogP) is 2.26. The molecule has 2 nitrogen and oxygen atoms in total. The van der Waals surface area contributed by atoms with E-state index in [1.54, 1.807) is 0 Å². The van der Waals surface area contributed by atoms with E-state index in [0.717, 1.165) is 12.0 Å². The van der Waals surface area contributed by atoms with Crippen molar-refractivity contribution in [2.75, 3.05) is 0 Å². The van der Waals surface area contributed by atoms with Gasteiger partial charge >= 0.3 is 0 Å². The molecule has 0 radical (unpaired) electrons.